The monoisotopic (exact) mass is 273 g/mol. The Labute approximate surface area is 113 Å². The molecule has 2 amide bonds. The van der Waals surface area contributed by atoms with Gasteiger partial charge < -0.3 is 20.8 Å². The van der Waals surface area contributed by atoms with Gasteiger partial charge in [0.05, 0.1) is 23.1 Å². The van der Waals surface area contributed by atoms with Crippen LogP contribution in [0.4, 0.5) is 16.2 Å². The molecule has 0 aliphatic heterocycles. The smallest absolute Gasteiger partial charge is 0.337 e. The highest BCUT2D eigenvalue weighted by Gasteiger charge is 2.13. The molecule has 102 valence electrons. The molecule has 1 aromatic heterocycles. The van der Waals surface area contributed by atoms with E-state index in [1.165, 1.54) is 18.3 Å². The second-order valence-corrected chi connectivity index (χ2v) is 3.86. The third-order valence-corrected chi connectivity index (χ3v) is 2.40. The third-order valence-electron chi connectivity index (χ3n) is 2.40. The number of nitrogens with zero attached hydrogens (tertiary/aromatic N) is 1. The van der Waals surface area contributed by atoms with E-state index in [0.29, 0.717) is 5.69 Å². The van der Waals surface area contributed by atoms with E-state index in [1.807, 2.05) is 0 Å². The van der Waals surface area contributed by atoms with Crippen LogP contribution in [0, 0.1) is 0 Å². The van der Waals surface area contributed by atoms with Gasteiger partial charge in [-0.25, -0.2) is 9.59 Å². The molecule has 1 heterocycles. The lowest BCUT2D eigenvalue weighted by Crippen LogP contribution is -2.21. The maximum absolute atomic E-state index is 11.7. The predicted molar refractivity (Wildman–Crippen MR) is 71.9 cm³/mol. The van der Waals surface area contributed by atoms with E-state index in [9.17, 15) is 14.7 Å². The Bertz CT molecular complexity index is 643. The average molecular weight is 273 g/mol. The normalized spacial score (nSPS) is 9.80. The summed E-state index contributed by atoms with van der Waals surface area (Å²) in [5.41, 5.74) is 0.351. The van der Waals surface area contributed by atoms with Gasteiger partial charge in [-0.3, -0.25) is 4.98 Å². The summed E-state index contributed by atoms with van der Waals surface area (Å²) < 4.78 is 0. The number of hydrogen-bond acceptors (Lipinski definition) is 4. The summed E-state index contributed by atoms with van der Waals surface area (Å²) in [7, 11) is 0. The zero-order valence-electron chi connectivity index (χ0n) is 10.2. The number of hydrogen-bond donors (Lipinski definition) is 4. The maximum Gasteiger partial charge on any atom is 0.337 e. The number of aromatic carboxylic acids is 1. The first-order valence-electron chi connectivity index (χ1n) is 5.60. The lowest BCUT2D eigenvalue weighted by Gasteiger charge is -2.10. The van der Waals surface area contributed by atoms with Gasteiger partial charge in [0.25, 0.3) is 0 Å². The highest BCUT2D eigenvalue weighted by atomic mass is 16.4. The van der Waals surface area contributed by atoms with Gasteiger partial charge >= 0.3 is 12.0 Å². The van der Waals surface area contributed by atoms with Crippen LogP contribution < -0.4 is 10.6 Å². The number of rotatable bonds is 3. The zero-order chi connectivity index (χ0) is 14.5. The molecule has 0 atom stereocenters. The van der Waals surface area contributed by atoms with E-state index >= 15 is 0 Å². The summed E-state index contributed by atoms with van der Waals surface area (Å²) >= 11 is 0. The lowest BCUT2D eigenvalue weighted by atomic mass is 10.1. The minimum absolute atomic E-state index is 0.0803. The molecule has 0 saturated carbocycles. The number of carbonyl (C=O) groups excluding carboxylic acids is 1. The fraction of sp³-hybridized carbons (Fsp3) is 0. The van der Waals surface area contributed by atoms with E-state index < -0.39 is 12.0 Å². The molecular formula is C13H11N3O4. The number of nitrogens with one attached hydrogen (secondary N) is 2. The van der Waals surface area contributed by atoms with Crippen LogP contribution in [0.5, 0.6) is 5.75 Å². The molecule has 0 fully saturated rings. The molecule has 0 spiro atoms. The third kappa shape index (κ3) is 3.22. The van der Waals surface area contributed by atoms with Crippen LogP contribution in [-0.2, 0) is 0 Å². The second-order valence-electron chi connectivity index (χ2n) is 3.86. The molecule has 20 heavy (non-hydrogen) atoms. The van der Waals surface area contributed by atoms with E-state index in [0.717, 1.165) is 6.07 Å². The first kappa shape index (κ1) is 13.3. The zero-order valence-corrected chi connectivity index (χ0v) is 10.2. The molecule has 7 heteroatoms. The largest absolute Gasteiger partial charge is 0.508 e. The molecule has 0 radical (unpaired) electrons. The van der Waals surface area contributed by atoms with Gasteiger partial charge in [-0.05, 0) is 30.3 Å². The molecule has 0 aliphatic carbocycles. The van der Waals surface area contributed by atoms with Crippen molar-refractivity contribution in [1.29, 1.82) is 0 Å². The van der Waals surface area contributed by atoms with Gasteiger partial charge in [-0.1, -0.05) is 0 Å². The quantitative estimate of drug-likeness (QED) is 0.640. The first-order chi connectivity index (χ1) is 9.56. The van der Waals surface area contributed by atoms with Gasteiger partial charge in [0.2, 0.25) is 0 Å². The second kappa shape index (κ2) is 5.70. The van der Waals surface area contributed by atoms with E-state index in [4.69, 9.17) is 5.11 Å². The number of aromatic hydroxyl groups is 1. The molecule has 0 aliphatic rings. The molecular weight excluding hydrogens is 262 g/mol. The average Bonchev–Trinajstić information content (AvgIpc) is 2.41. The number of urea groups is 1. The van der Waals surface area contributed by atoms with Crippen molar-refractivity contribution in [2.24, 2.45) is 0 Å². The fourth-order valence-electron chi connectivity index (χ4n) is 1.54. The number of carbonyl (C=O) groups is 2. The topological polar surface area (TPSA) is 112 Å². The fourth-order valence-corrected chi connectivity index (χ4v) is 1.54. The van der Waals surface area contributed by atoms with E-state index in [2.05, 4.69) is 15.6 Å². The Morgan fingerprint density at radius 1 is 1.15 bits per heavy atom. The van der Waals surface area contributed by atoms with Crippen LogP contribution in [0.15, 0.2) is 42.7 Å². The standard InChI is InChI=1S/C13H11N3O4/c17-9-3-4-11(10(6-9)12(18)19)16-13(20)15-8-2-1-5-14-7-8/h1-7,17H,(H,18,19)(H2,15,16,20). The predicted octanol–water partition coefficient (Wildman–Crippen LogP) is 2.13. The van der Waals surface area contributed by atoms with Crippen molar-refractivity contribution in [2.45, 2.75) is 0 Å². The van der Waals surface area contributed by atoms with Gasteiger partial charge in [0.1, 0.15) is 5.75 Å². The number of anilines is 2. The summed E-state index contributed by atoms with van der Waals surface area (Å²) in [5.74, 6) is -1.45. The highest BCUT2D eigenvalue weighted by molar-refractivity contribution is 6.04. The Balaban J connectivity index is 2.14. The van der Waals surface area contributed by atoms with Crippen molar-refractivity contribution in [1.82, 2.24) is 4.98 Å². The number of benzene rings is 1. The molecule has 0 saturated heterocycles. The number of aromatic nitrogens is 1. The first-order valence-corrected chi connectivity index (χ1v) is 5.60. The van der Waals surface area contributed by atoms with Gasteiger partial charge in [0, 0.05) is 6.20 Å². The number of carboxylic acids is 1. The summed E-state index contributed by atoms with van der Waals surface area (Å²) in [6, 6.07) is 6.34. The molecule has 7 nitrogen and oxygen atoms in total. The molecule has 0 unspecified atom stereocenters. The molecule has 2 aromatic rings. The Morgan fingerprint density at radius 2 is 1.95 bits per heavy atom. The summed E-state index contributed by atoms with van der Waals surface area (Å²) in [6.07, 6.45) is 3.01. The van der Waals surface area contributed by atoms with Crippen molar-refractivity contribution < 1.29 is 19.8 Å². The van der Waals surface area contributed by atoms with E-state index in [1.54, 1.807) is 18.3 Å². The minimum atomic E-state index is -1.25. The molecule has 1 aromatic carbocycles. The van der Waals surface area contributed by atoms with Crippen LogP contribution in [0.1, 0.15) is 10.4 Å². The Hall–Kier alpha value is -3.09. The van der Waals surface area contributed by atoms with Gasteiger partial charge in [-0.2, -0.15) is 0 Å². The number of phenolic OH excluding ortho intramolecular Hbond substituents is 1. The molecule has 0 bridgehead atoms. The van der Waals surface area contributed by atoms with Crippen LogP contribution in [0.25, 0.3) is 0 Å². The van der Waals surface area contributed by atoms with Crippen molar-refractivity contribution in [3.05, 3.63) is 48.3 Å². The number of phenols is 1. The van der Waals surface area contributed by atoms with Crippen molar-refractivity contribution in [2.75, 3.05) is 10.6 Å². The molecule has 2 rings (SSSR count). The summed E-state index contributed by atoms with van der Waals surface area (Å²) in [6.45, 7) is 0. The lowest BCUT2D eigenvalue weighted by molar-refractivity contribution is 0.0697. The van der Waals surface area contributed by atoms with Crippen LogP contribution in [0.3, 0.4) is 0 Å². The van der Waals surface area contributed by atoms with Crippen LogP contribution >= 0.6 is 0 Å². The van der Waals surface area contributed by atoms with Gasteiger partial charge in [-0.15, -0.1) is 0 Å². The highest BCUT2D eigenvalue weighted by Crippen LogP contribution is 2.21. The SMILES string of the molecule is O=C(Nc1cccnc1)Nc1ccc(O)cc1C(=O)O. The van der Waals surface area contributed by atoms with Crippen molar-refractivity contribution in [3.8, 4) is 5.75 Å². The number of amides is 2. The minimum Gasteiger partial charge on any atom is -0.508 e. The number of pyridine rings is 1. The van der Waals surface area contributed by atoms with Crippen LogP contribution in [-0.4, -0.2) is 27.2 Å². The summed E-state index contributed by atoms with van der Waals surface area (Å²) in [4.78, 5) is 26.6. The Kier molecular flexibility index (Phi) is 3.80. The Morgan fingerprint density at radius 3 is 2.60 bits per heavy atom. The number of carboxylic acid groups (broad SMARTS) is 1. The van der Waals surface area contributed by atoms with Crippen molar-refractivity contribution in [3.63, 3.8) is 0 Å². The van der Waals surface area contributed by atoms with Gasteiger partial charge in [0.15, 0.2) is 0 Å². The van der Waals surface area contributed by atoms with Crippen LogP contribution in [0.2, 0.25) is 0 Å². The maximum atomic E-state index is 11.7. The summed E-state index contributed by atoms with van der Waals surface area (Å²) in [5, 5.41) is 23.2. The van der Waals surface area contributed by atoms with E-state index in [-0.39, 0.29) is 17.0 Å². The van der Waals surface area contributed by atoms with Crippen molar-refractivity contribution >= 4 is 23.4 Å². The molecule has 4 N–H and O–H groups in total.